The maximum Gasteiger partial charge on any atom is 0.0485 e. The predicted molar refractivity (Wildman–Crippen MR) is 58.7 cm³/mol. The highest BCUT2D eigenvalue weighted by Crippen LogP contribution is 2.27. The lowest BCUT2D eigenvalue weighted by Crippen LogP contribution is -2.15. The van der Waals surface area contributed by atoms with Crippen LogP contribution in [0.15, 0.2) is 68.3 Å². The third kappa shape index (κ3) is 1.62. The molecule has 0 aliphatic carbocycles. The molecule has 66 valence electrons. The Morgan fingerprint density at radius 3 is 1.69 bits per heavy atom. The van der Waals surface area contributed by atoms with E-state index in [0.29, 0.717) is 0 Å². The Morgan fingerprint density at radius 1 is 0.846 bits per heavy atom. The average molecular weight is 170 g/mol. The van der Waals surface area contributed by atoms with E-state index in [1.807, 2.05) is 48.6 Å². The first kappa shape index (κ1) is 9.53. The first-order valence-corrected chi connectivity index (χ1v) is 4.25. The fourth-order valence-electron chi connectivity index (χ4n) is 1.33. The van der Waals surface area contributed by atoms with E-state index in [0.717, 1.165) is 5.56 Å². The van der Waals surface area contributed by atoms with Crippen molar-refractivity contribution in [2.24, 2.45) is 0 Å². The fraction of sp³-hybridized carbons (Fsp3) is 0.0769. The van der Waals surface area contributed by atoms with Gasteiger partial charge in [-0.2, -0.15) is 0 Å². The lowest BCUT2D eigenvalue weighted by atomic mass is 9.81. The molecule has 0 heteroatoms. The Hall–Kier alpha value is -1.56. The molecule has 0 aromatic heterocycles. The standard InChI is InChI=1S/C13H14/c1-4-13(5-2,6-3)12-10-8-7-9-11-12/h4-11H,1-3H2. The summed E-state index contributed by atoms with van der Waals surface area (Å²) in [5.74, 6) is 0. The van der Waals surface area contributed by atoms with Crippen LogP contribution in [0, 0.1) is 0 Å². The smallest absolute Gasteiger partial charge is 0.0485 e. The Kier molecular flexibility index (Phi) is 2.86. The van der Waals surface area contributed by atoms with Crippen molar-refractivity contribution in [2.45, 2.75) is 5.41 Å². The molecule has 13 heavy (non-hydrogen) atoms. The van der Waals surface area contributed by atoms with E-state index in [1.165, 1.54) is 0 Å². The predicted octanol–water partition coefficient (Wildman–Crippen LogP) is 3.48. The van der Waals surface area contributed by atoms with Gasteiger partial charge in [0.2, 0.25) is 0 Å². The second kappa shape index (κ2) is 3.90. The minimum Gasteiger partial charge on any atom is -0.102 e. The Balaban J connectivity index is 3.23. The minimum atomic E-state index is -0.290. The lowest BCUT2D eigenvalue weighted by molar-refractivity contribution is 0.864. The molecule has 0 amide bonds. The van der Waals surface area contributed by atoms with Crippen LogP contribution in [0.4, 0.5) is 0 Å². The number of rotatable bonds is 4. The van der Waals surface area contributed by atoms with Gasteiger partial charge in [0, 0.05) is 5.41 Å². The van der Waals surface area contributed by atoms with Crippen molar-refractivity contribution in [2.75, 3.05) is 0 Å². The van der Waals surface area contributed by atoms with E-state index < -0.39 is 0 Å². The average Bonchev–Trinajstić information content (AvgIpc) is 2.23. The van der Waals surface area contributed by atoms with Gasteiger partial charge >= 0.3 is 0 Å². The first-order chi connectivity index (χ1) is 6.29. The maximum atomic E-state index is 3.81. The molecule has 0 heterocycles. The van der Waals surface area contributed by atoms with Crippen molar-refractivity contribution >= 4 is 0 Å². The van der Waals surface area contributed by atoms with E-state index in [-0.39, 0.29) is 5.41 Å². The molecule has 0 nitrogen and oxygen atoms in total. The normalized spacial score (nSPS) is 10.5. The molecule has 0 saturated carbocycles. The molecule has 0 N–H and O–H groups in total. The van der Waals surface area contributed by atoms with Gasteiger partial charge in [-0.05, 0) is 5.56 Å². The number of hydrogen-bond donors (Lipinski definition) is 0. The van der Waals surface area contributed by atoms with Crippen molar-refractivity contribution in [1.29, 1.82) is 0 Å². The highest BCUT2D eigenvalue weighted by molar-refractivity contribution is 5.40. The van der Waals surface area contributed by atoms with E-state index in [4.69, 9.17) is 0 Å². The van der Waals surface area contributed by atoms with Gasteiger partial charge in [0.1, 0.15) is 0 Å². The molecule has 0 bridgehead atoms. The number of allylic oxidation sites excluding steroid dienone is 3. The van der Waals surface area contributed by atoms with Crippen LogP contribution in [-0.2, 0) is 5.41 Å². The summed E-state index contributed by atoms with van der Waals surface area (Å²) >= 11 is 0. The van der Waals surface area contributed by atoms with Crippen molar-refractivity contribution in [1.82, 2.24) is 0 Å². The zero-order valence-electron chi connectivity index (χ0n) is 7.74. The molecule has 0 spiro atoms. The van der Waals surface area contributed by atoms with E-state index in [1.54, 1.807) is 0 Å². The molecule has 0 saturated heterocycles. The van der Waals surface area contributed by atoms with Gasteiger partial charge in [-0.25, -0.2) is 0 Å². The number of hydrogen-bond acceptors (Lipinski definition) is 0. The Labute approximate surface area is 79.9 Å². The zero-order valence-corrected chi connectivity index (χ0v) is 7.74. The van der Waals surface area contributed by atoms with Crippen LogP contribution in [0.3, 0.4) is 0 Å². The van der Waals surface area contributed by atoms with Gasteiger partial charge < -0.3 is 0 Å². The summed E-state index contributed by atoms with van der Waals surface area (Å²) in [6.45, 7) is 11.4. The molecule has 0 aliphatic rings. The second-order valence-electron chi connectivity index (χ2n) is 2.91. The van der Waals surface area contributed by atoms with Crippen LogP contribution in [0.25, 0.3) is 0 Å². The van der Waals surface area contributed by atoms with Gasteiger partial charge in [-0.15, -0.1) is 19.7 Å². The maximum absolute atomic E-state index is 3.81. The summed E-state index contributed by atoms with van der Waals surface area (Å²) < 4.78 is 0. The second-order valence-corrected chi connectivity index (χ2v) is 2.91. The molecule has 1 aromatic carbocycles. The molecule has 1 rings (SSSR count). The van der Waals surface area contributed by atoms with Crippen molar-refractivity contribution < 1.29 is 0 Å². The Morgan fingerprint density at radius 2 is 1.31 bits per heavy atom. The summed E-state index contributed by atoms with van der Waals surface area (Å²) in [7, 11) is 0. The molecular formula is C13H14. The topological polar surface area (TPSA) is 0 Å². The summed E-state index contributed by atoms with van der Waals surface area (Å²) in [6.07, 6.45) is 5.55. The quantitative estimate of drug-likeness (QED) is 0.607. The summed E-state index contributed by atoms with van der Waals surface area (Å²) in [5, 5.41) is 0. The molecule has 0 unspecified atom stereocenters. The van der Waals surface area contributed by atoms with Gasteiger partial charge in [0.25, 0.3) is 0 Å². The van der Waals surface area contributed by atoms with Crippen LogP contribution in [0.2, 0.25) is 0 Å². The summed E-state index contributed by atoms with van der Waals surface area (Å²) in [4.78, 5) is 0. The van der Waals surface area contributed by atoms with Gasteiger partial charge in [-0.3, -0.25) is 0 Å². The molecule has 0 aliphatic heterocycles. The molecule has 0 fully saturated rings. The van der Waals surface area contributed by atoms with E-state index >= 15 is 0 Å². The highest BCUT2D eigenvalue weighted by Gasteiger charge is 2.19. The van der Waals surface area contributed by atoms with Crippen LogP contribution in [-0.4, -0.2) is 0 Å². The van der Waals surface area contributed by atoms with Gasteiger partial charge in [0.15, 0.2) is 0 Å². The molecule has 0 atom stereocenters. The van der Waals surface area contributed by atoms with Crippen LogP contribution < -0.4 is 0 Å². The monoisotopic (exact) mass is 170 g/mol. The van der Waals surface area contributed by atoms with Crippen molar-refractivity contribution in [3.05, 3.63) is 73.9 Å². The van der Waals surface area contributed by atoms with Gasteiger partial charge in [0.05, 0.1) is 0 Å². The van der Waals surface area contributed by atoms with Crippen molar-refractivity contribution in [3.63, 3.8) is 0 Å². The summed E-state index contributed by atoms with van der Waals surface area (Å²) in [6, 6.07) is 10.1. The first-order valence-electron chi connectivity index (χ1n) is 4.25. The van der Waals surface area contributed by atoms with Crippen LogP contribution >= 0.6 is 0 Å². The largest absolute Gasteiger partial charge is 0.102 e. The van der Waals surface area contributed by atoms with Crippen LogP contribution in [0.5, 0.6) is 0 Å². The van der Waals surface area contributed by atoms with E-state index in [2.05, 4.69) is 19.7 Å². The minimum absolute atomic E-state index is 0.290. The van der Waals surface area contributed by atoms with Gasteiger partial charge in [-0.1, -0.05) is 48.6 Å². The number of benzene rings is 1. The molecule has 0 radical (unpaired) electrons. The molecular weight excluding hydrogens is 156 g/mol. The van der Waals surface area contributed by atoms with E-state index in [9.17, 15) is 0 Å². The van der Waals surface area contributed by atoms with Crippen LogP contribution in [0.1, 0.15) is 5.56 Å². The Bertz CT molecular complexity index is 284. The van der Waals surface area contributed by atoms with Crippen molar-refractivity contribution in [3.8, 4) is 0 Å². The third-order valence-electron chi connectivity index (χ3n) is 2.29. The summed E-state index contributed by atoms with van der Waals surface area (Å²) in [5.41, 5.74) is 0.858. The SMILES string of the molecule is C=CC(C=C)(C=C)c1ccccc1. The third-order valence-corrected chi connectivity index (χ3v) is 2.29. The highest BCUT2D eigenvalue weighted by atomic mass is 14.2. The lowest BCUT2D eigenvalue weighted by Gasteiger charge is -2.22. The zero-order chi connectivity index (χ0) is 9.73. The fourth-order valence-corrected chi connectivity index (χ4v) is 1.33. The molecule has 1 aromatic rings.